The van der Waals surface area contributed by atoms with Crippen molar-refractivity contribution in [3.8, 4) is 0 Å². The maximum Gasteiger partial charge on any atom is 0.415 e. The zero-order chi connectivity index (χ0) is 10.4. The Balaban J connectivity index is 2.33. The lowest BCUT2D eigenvalue weighted by Crippen LogP contribution is -2.35. The number of aromatic amines is 1. The van der Waals surface area contributed by atoms with Crippen LogP contribution in [0.25, 0.3) is 0 Å². The number of amides is 3. The Morgan fingerprint density at radius 3 is 3.00 bits per heavy atom. The summed E-state index contributed by atoms with van der Waals surface area (Å²) < 4.78 is 4.47. The molecule has 8 nitrogen and oxygen atoms in total. The first-order valence-electron chi connectivity index (χ1n) is 3.82. The van der Waals surface area contributed by atoms with Crippen LogP contribution in [0.4, 0.5) is 15.5 Å². The SMILES string of the molecule is CCOC(=O)NC(=O)Nc1ncn[nH]1. The van der Waals surface area contributed by atoms with E-state index in [0.29, 0.717) is 0 Å². The van der Waals surface area contributed by atoms with Crippen molar-refractivity contribution < 1.29 is 14.3 Å². The molecule has 0 saturated carbocycles. The lowest BCUT2D eigenvalue weighted by Gasteiger charge is -2.03. The predicted molar refractivity (Wildman–Crippen MR) is 45.6 cm³/mol. The molecule has 1 aromatic heterocycles. The maximum absolute atomic E-state index is 11.0. The molecule has 3 N–H and O–H groups in total. The number of ether oxygens (including phenoxy) is 1. The Bertz CT molecular complexity index is 309. The number of hydrogen-bond donors (Lipinski definition) is 3. The van der Waals surface area contributed by atoms with Crippen molar-refractivity contribution in [1.82, 2.24) is 20.5 Å². The molecular weight excluding hydrogens is 190 g/mol. The monoisotopic (exact) mass is 199 g/mol. The number of H-pyrrole nitrogens is 1. The number of nitrogens with one attached hydrogen (secondary N) is 3. The van der Waals surface area contributed by atoms with Crippen LogP contribution in [0.15, 0.2) is 6.33 Å². The zero-order valence-electron chi connectivity index (χ0n) is 7.40. The van der Waals surface area contributed by atoms with E-state index in [9.17, 15) is 9.59 Å². The highest BCUT2D eigenvalue weighted by atomic mass is 16.5. The van der Waals surface area contributed by atoms with E-state index in [0.717, 1.165) is 0 Å². The number of nitrogens with zero attached hydrogens (tertiary/aromatic N) is 2. The van der Waals surface area contributed by atoms with E-state index >= 15 is 0 Å². The summed E-state index contributed by atoms with van der Waals surface area (Å²) in [7, 11) is 0. The van der Waals surface area contributed by atoms with Crippen LogP contribution in [-0.4, -0.2) is 33.9 Å². The molecule has 1 aromatic rings. The van der Waals surface area contributed by atoms with Gasteiger partial charge in [0.05, 0.1) is 6.61 Å². The van der Waals surface area contributed by atoms with Gasteiger partial charge in [-0.3, -0.25) is 5.32 Å². The van der Waals surface area contributed by atoms with Gasteiger partial charge in [0, 0.05) is 0 Å². The number of carbonyl (C=O) groups is 2. The summed E-state index contributed by atoms with van der Waals surface area (Å²) in [5.41, 5.74) is 0. The molecule has 1 heterocycles. The van der Waals surface area contributed by atoms with Gasteiger partial charge in [0.1, 0.15) is 6.33 Å². The van der Waals surface area contributed by atoms with Crippen LogP contribution in [0, 0.1) is 0 Å². The Morgan fingerprint density at radius 2 is 2.43 bits per heavy atom. The summed E-state index contributed by atoms with van der Waals surface area (Å²) in [6, 6.07) is -0.736. The molecule has 0 aliphatic carbocycles. The molecule has 3 amide bonds. The van der Waals surface area contributed by atoms with Crippen LogP contribution in [0.5, 0.6) is 0 Å². The number of imide groups is 1. The van der Waals surface area contributed by atoms with Gasteiger partial charge < -0.3 is 4.74 Å². The second kappa shape index (κ2) is 4.80. The summed E-state index contributed by atoms with van der Waals surface area (Å²) >= 11 is 0. The van der Waals surface area contributed by atoms with Gasteiger partial charge in [-0.05, 0) is 6.92 Å². The highest BCUT2D eigenvalue weighted by Crippen LogP contribution is 1.91. The number of carbonyl (C=O) groups excluding carboxylic acids is 2. The second-order valence-corrected chi connectivity index (χ2v) is 2.13. The summed E-state index contributed by atoms with van der Waals surface area (Å²) in [6.45, 7) is 1.83. The van der Waals surface area contributed by atoms with Crippen molar-refractivity contribution in [2.24, 2.45) is 0 Å². The number of urea groups is 1. The van der Waals surface area contributed by atoms with Crippen LogP contribution >= 0.6 is 0 Å². The molecule has 0 aromatic carbocycles. The molecule has 76 valence electrons. The number of anilines is 1. The van der Waals surface area contributed by atoms with E-state index < -0.39 is 12.1 Å². The first-order valence-corrected chi connectivity index (χ1v) is 3.82. The standard InChI is InChI=1S/C6H9N5O3/c1-2-14-6(13)10-5(12)9-4-7-3-8-11-4/h3H,2H2,1H3,(H3,7,8,9,10,11,12,13). The molecule has 14 heavy (non-hydrogen) atoms. The molecule has 0 aliphatic heterocycles. The van der Waals surface area contributed by atoms with E-state index in [-0.39, 0.29) is 12.6 Å². The van der Waals surface area contributed by atoms with Gasteiger partial charge in [0.25, 0.3) is 0 Å². The maximum atomic E-state index is 11.0. The normalized spacial score (nSPS) is 9.21. The highest BCUT2D eigenvalue weighted by Gasteiger charge is 2.08. The number of hydrogen-bond acceptors (Lipinski definition) is 5. The molecule has 0 unspecified atom stereocenters. The lowest BCUT2D eigenvalue weighted by atomic mass is 10.8. The summed E-state index contributed by atoms with van der Waals surface area (Å²) in [5.74, 6) is 0.145. The van der Waals surface area contributed by atoms with Crippen LogP contribution in [0.3, 0.4) is 0 Å². The third-order valence-corrected chi connectivity index (χ3v) is 1.14. The fraction of sp³-hybridized carbons (Fsp3) is 0.333. The zero-order valence-corrected chi connectivity index (χ0v) is 7.40. The van der Waals surface area contributed by atoms with E-state index in [4.69, 9.17) is 0 Å². The van der Waals surface area contributed by atoms with Gasteiger partial charge in [0.2, 0.25) is 5.95 Å². The molecule has 0 atom stereocenters. The second-order valence-electron chi connectivity index (χ2n) is 2.13. The minimum atomic E-state index is -0.815. The van der Waals surface area contributed by atoms with Gasteiger partial charge in [-0.15, -0.1) is 0 Å². The van der Waals surface area contributed by atoms with E-state index in [1.807, 2.05) is 5.32 Å². The molecule has 0 fully saturated rings. The Morgan fingerprint density at radius 1 is 1.64 bits per heavy atom. The fourth-order valence-corrected chi connectivity index (χ4v) is 0.664. The number of rotatable bonds is 2. The highest BCUT2D eigenvalue weighted by molar-refractivity contribution is 5.97. The molecular formula is C6H9N5O3. The number of alkyl carbamates (subject to hydrolysis) is 1. The van der Waals surface area contributed by atoms with Crippen LogP contribution < -0.4 is 10.6 Å². The molecule has 0 aliphatic rings. The van der Waals surface area contributed by atoms with Crippen molar-refractivity contribution in [2.45, 2.75) is 6.92 Å². The third-order valence-electron chi connectivity index (χ3n) is 1.14. The average molecular weight is 199 g/mol. The molecule has 0 bridgehead atoms. The minimum absolute atomic E-state index is 0.145. The lowest BCUT2D eigenvalue weighted by molar-refractivity contribution is 0.154. The molecule has 0 saturated heterocycles. The minimum Gasteiger partial charge on any atom is -0.450 e. The van der Waals surface area contributed by atoms with E-state index in [2.05, 4.69) is 25.2 Å². The molecule has 0 radical (unpaired) electrons. The Hall–Kier alpha value is -2.12. The fourth-order valence-electron chi connectivity index (χ4n) is 0.664. The first kappa shape index (κ1) is 9.96. The van der Waals surface area contributed by atoms with Gasteiger partial charge in [-0.2, -0.15) is 10.1 Å². The number of aromatic nitrogens is 3. The van der Waals surface area contributed by atoms with Crippen molar-refractivity contribution >= 4 is 18.1 Å². The van der Waals surface area contributed by atoms with Crippen LogP contribution in [-0.2, 0) is 4.74 Å². The average Bonchev–Trinajstić information content (AvgIpc) is 2.56. The summed E-state index contributed by atoms with van der Waals surface area (Å²) in [5, 5.41) is 10.0. The van der Waals surface area contributed by atoms with Crippen molar-refractivity contribution in [1.29, 1.82) is 0 Å². The molecule has 8 heteroatoms. The van der Waals surface area contributed by atoms with Crippen molar-refractivity contribution in [2.75, 3.05) is 11.9 Å². The Labute approximate surface area is 79.0 Å². The first-order chi connectivity index (χ1) is 6.72. The van der Waals surface area contributed by atoms with E-state index in [1.54, 1.807) is 6.92 Å². The Kier molecular flexibility index (Phi) is 3.41. The molecule has 1 rings (SSSR count). The summed E-state index contributed by atoms with van der Waals surface area (Å²) in [6.07, 6.45) is 0.407. The summed E-state index contributed by atoms with van der Waals surface area (Å²) in [4.78, 5) is 25.3. The van der Waals surface area contributed by atoms with Crippen LogP contribution in [0.1, 0.15) is 6.92 Å². The predicted octanol–water partition coefficient (Wildman–Crippen LogP) is 0.0827. The van der Waals surface area contributed by atoms with Gasteiger partial charge in [-0.25, -0.2) is 20.0 Å². The van der Waals surface area contributed by atoms with Gasteiger partial charge in [0.15, 0.2) is 0 Å². The van der Waals surface area contributed by atoms with Crippen molar-refractivity contribution in [3.63, 3.8) is 0 Å². The van der Waals surface area contributed by atoms with Crippen molar-refractivity contribution in [3.05, 3.63) is 6.33 Å². The topological polar surface area (TPSA) is 109 Å². The third kappa shape index (κ3) is 3.09. The molecule has 0 spiro atoms. The smallest absolute Gasteiger partial charge is 0.415 e. The largest absolute Gasteiger partial charge is 0.450 e. The quantitative estimate of drug-likeness (QED) is 0.625. The van der Waals surface area contributed by atoms with Gasteiger partial charge in [-0.1, -0.05) is 0 Å². The van der Waals surface area contributed by atoms with Crippen LogP contribution in [0.2, 0.25) is 0 Å². The van der Waals surface area contributed by atoms with E-state index in [1.165, 1.54) is 6.33 Å². The van der Waals surface area contributed by atoms with Gasteiger partial charge >= 0.3 is 12.1 Å².